The molecular formula is C16H24N4O4S. The number of aromatic amines is 1. The number of hydrogen-bond donors (Lipinski definition) is 1. The molecule has 0 fully saturated rings. The zero-order chi connectivity index (χ0) is 18.6. The van der Waals surface area contributed by atoms with Crippen LogP contribution in [0.2, 0.25) is 0 Å². The number of hydrogen-bond acceptors (Lipinski definition) is 6. The van der Waals surface area contributed by atoms with E-state index in [9.17, 15) is 14.4 Å². The molecule has 0 spiro atoms. The van der Waals surface area contributed by atoms with E-state index in [0.717, 1.165) is 25.7 Å². The predicted octanol–water partition coefficient (Wildman–Crippen LogP) is 1.66. The Bertz CT molecular complexity index is 867. The summed E-state index contributed by atoms with van der Waals surface area (Å²) in [6, 6.07) is 0. The maximum absolute atomic E-state index is 12.3. The lowest BCUT2D eigenvalue weighted by Gasteiger charge is -2.11. The highest BCUT2D eigenvalue weighted by Gasteiger charge is 2.22. The molecule has 0 radical (unpaired) electrons. The Labute approximate surface area is 149 Å². The molecule has 2 heterocycles. The summed E-state index contributed by atoms with van der Waals surface area (Å²) < 4.78 is 7.87. The van der Waals surface area contributed by atoms with Crippen molar-refractivity contribution in [1.29, 1.82) is 0 Å². The first kappa shape index (κ1) is 19.3. The van der Waals surface area contributed by atoms with Crippen molar-refractivity contribution >= 4 is 28.9 Å². The van der Waals surface area contributed by atoms with Crippen molar-refractivity contribution in [2.24, 2.45) is 7.05 Å². The average molecular weight is 368 g/mol. The van der Waals surface area contributed by atoms with Crippen molar-refractivity contribution in [3.8, 4) is 0 Å². The van der Waals surface area contributed by atoms with Crippen LogP contribution in [0.4, 0.5) is 0 Å². The third-order valence-corrected chi connectivity index (χ3v) is 5.09. The van der Waals surface area contributed by atoms with Crippen LogP contribution in [0, 0.1) is 0 Å². The number of carbonyl (C=O) groups excluding carboxylic acids is 1. The summed E-state index contributed by atoms with van der Waals surface area (Å²) in [5.41, 5.74) is -0.286. The zero-order valence-electron chi connectivity index (χ0n) is 15.0. The van der Waals surface area contributed by atoms with Gasteiger partial charge >= 0.3 is 11.7 Å². The van der Waals surface area contributed by atoms with Crippen molar-refractivity contribution in [3.05, 3.63) is 20.8 Å². The highest BCUT2D eigenvalue weighted by molar-refractivity contribution is 8.00. The zero-order valence-corrected chi connectivity index (χ0v) is 15.8. The van der Waals surface area contributed by atoms with Gasteiger partial charge in [0.05, 0.1) is 7.11 Å². The molecule has 0 saturated heterocycles. The van der Waals surface area contributed by atoms with Crippen LogP contribution in [0.1, 0.15) is 39.5 Å². The molecule has 0 saturated carbocycles. The molecule has 0 aromatic carbocycles. The Balaban J connectivity index is 2.49. The van der Waals surface area contributed by atoms with Crippen molar-refractivity contribution in [3.63, 3.8) is 0 Å². The molecule has 2 aromatic rings. The van der Waals surface area contributed by atoms with E-state index < -0.39 is 16.5 Å². The fraction of sp³-hybridized carbons (Fsp3) is 0.625. The van der Waals surface area contributed by atoms with Crippen molar-refractivity contribution < 1.29 is 9.53 Å². The Kier molecular flexibility index (Phi) is 6.46. The van der Waals surface area contributed by atoms with E-state index in [2.05, 4.69) is 16.9 Å². The van der Waals surface area contributed by atoms with Crippen LogP contribution in [0.3, 0.4) is 0 Å². The van der Waals surface area contributed by atoms with Gasteiger partial charge in [0.1, 0.15) is 5.25 Å². The number of ether oxygens (including phenoxy) is 1. The van der Waals surface area contributed by atoms with Gasteiger partial charge in [0.25, 0.3) is 5.56 Å². The number of fused-ring (bicyclic) bond motifs is 1. The monoisotopic (exact) mass is 368 g/mol. The summed E-state index contributed by atoms with van der Waals surface area (Å²) in [6.45, 7) is 4.46. The van der Waals surface area contributed by atoms with Crippen LogP contribution in [-0.2, 0) is 23.1 Å². The van der Waals surface area contributed by atoms with Crippen LogP contribution >= 0.6 is 11.8 Å². The first-order chi connectivity index (χ1) is 11.9. The van der Waals surface area contributed by atoms with Crippen LogP contribution in [0.25, 0.3) is 11.2 Å². The standard InChI is InChI=1S/C16H24N4O4S/c1-5-6-7-8-9-20-11-12(19(3)15(23)18-13(11)21)17-16(20)25-10(2)14(22)24-4/h10H,5-9H2,1-4H3,(H,18,21,23)/t10-/m1/s1. The van der Waals surface area contributed by atoms with Gasteiger partial charge in [0.15, 0.2) is 16.3 Å². The third-order valence-electron chi connectivity index (χ3n) is 4.02. The van der Waals surface area contributed by atoms with Gasteiger partial charge in [-0.1, -0.05) is 37.9 Å². The van der Waals surface area contributed by atoms with Crippen molar-refractivity contribution in [2.75, 3.05) is 7.11 Å². The molecule has 2 aromatic heterocycles. The highest BCUT2D eigenvalue weighted by atomic mass is 32.2. The highest BCUT2D eigenvalue weighted by Crippen LogP contribution is 2.26. The van der Waals surface area contributed by atoms with E-state index in [0.29, 0.717) is 22.9 Å². The Hall–Kier alpha value is -2.03. The minimum absolute atomic E-state index is 0.323. The van der Waals surface area contributed by atoms with Crippen LogP contribution in [-0.4, -0.2) is 37.4 Å². The lowest BCUT2D eigenvalue weighted by molar-refractivity contribution is -0.139. The third kappa shape index (κ3) is 4.15. The SMILES string of the molecule is CCCCCCn1c(S[C@H](C)C(=O)OC)nc2c1c(=O)[nH]c(=O)n2C. The van der Waals surface area contributed by atoms with E-state index >= 15 is 0 Å². The molecule has 0 aliphatic carbocycles. The number of nitrogens with one attached hydrogen (secondary N) is 1. The van der Waals surface area contributed by atoms with Crippen molar-refractivity contribution in [2.45, 2.75) is 56.5 Å². The second-order valence-electron chi connectivity index (χ2n) is 5.88. The molecule has 2 rings (SSSR count). The topological polar surface area (TPSA) is 99.0 Å². The van der Waals surface area contributed by atoms with Crippen LogP contribution in [0.15, 0.2) is 14.7 Å². The number of rotatable bonds is 8. The van der Waals surface area contributed by atoms with Gasteiger partial charge in [-0.3, -0.25) is 19.1 Å². The Morgan fingerprint density at radius 1 is 1.32 bits per heavy atom. The number of nitrogens with zero attached hydrogens (tertiary/aromatic N) is 3. The van der Waals surface area contributed by atoms with Gasteiger partial charge in [0.2, 0.25) is 0 Å². The molecule has 1 atom stereocenters. The summed E-state index contributed by atoms with van der Waals surface area (Å²) in [7, 11) is 2.90. The van der Waals surface area contributed by atoms with E-state index in [1.807, 2.05) is 0 Å². The molecule has 8 nitrogen and oxygen atoms in total. The first-order valence-corrected chi connectivity index (χ1v) is 9.22. The Morgan fingerprint density at radius 3 is 2.68 bits per heavy atom. The molecule has 0 aliphatic heterocycles. The van der Waals surface area contributed by atoms with Crippen LogP contribution < -0.4 is 11.2 Å². The number of aromatic nitrogens is 4. The predicted molar refractivity (Wildman–Crippen MR) is 97.1 cm³/mol. The summed E-state index contributed by atoms with van der Waals surface area (Å²) in [5, 5.41) is 0.0726. The molecule has 25 heavy (non-hydrogen) atoms. The van der Waals surface area contributed by atoms with Crippen molar-refractivity contribution in [1.82, 2.24) is 19.1 Å². The lowest BCUT2D eigenvalue weighted by Crippen LogP contribution is -2.29. The smallest absolute Gasteiger partial charge is 0.329 e. The van der Waals surface area contributed by atoms with E-state index in [-0.39, 0.29) is 5.97 Å². The molecule has 0 amide bonds. The average Bonchev–Trinajstić information content (AvgIpc) is 2.94. The summed E-state index contributed by atoms with van der Waals surface area (Å²) >= 11 is 1.22. The van der Waals surface area contributed by atoms with Crippen LogP contribution in [0.5, 0.6) is 0 Å². The molecule has 0 unspecified atom stereocenters. The number of thioether (sulfide) groups is 1. The van der Waals surface area contributed by atoms with Gasteiger partial charge in [-0.15, -0.1) is 0 Å². The summed E-state index contributed by atoms with van der Waals surface area (Å²) in [4.78, 5) is 42.6. The first-order valence-electron chi connectivity index (χ1n) is 8.34. The number of unbranched alkanes of at least 4 members (excludes halogenated alkanes) is 3. The number of aryl methyl sites for hydroxylation is 2. The molecule has 138 valence electrons. The maximum Gasteiger partial charge on any atom is 0.329 e. The molecule has 0 bridgehead atoms. The minimum atomic E-state index is -0.509. The molecule has 0 aliphatic rings. The second-order valence-corrected chi connectivity index (χ2v) is 7.19. The van der Waals surface area contributed by atoms with Gasteiger partial charge in [0, 0.05) is 13.6 Å². The molecule has 1 N–H and O–H groups in total. The van der Waals surface area contributed by atoms with E-state index in [1.54, 1.807) is 18.5 Å². The Morgan fingerprint density at radius 2 is 2.04 bits per heavy atom. The minimum Gasteiger partial charge on any atom is -0.468 e. The molecular weight excluding hydrogens is 344 g/mol. The van der Waals surface area contributed by atoms with Gasteiger partial charge < -0.3 is 9.30 Å². The van der Waals surface area contributed by atoms with E-state index in [4.69, 9.17) is 4.74 Å². The van der Waals surface area contributed by atoms with Gasteiger partial charge in [-0.2, -0.15) is 0 Å². The van der Waals surface area contributed by atoms with E-state index in [1.165, 1.54) is 23.4 Å². The summed E-state index contributed by atoms with van der Waals surface area (Å²) in [6.07, 6.45) is 4.15. The number of methoxy groups -OCH3 is 1. The normalized spacial score (nSPS) is 12.5. The lowest BCUT2D eigenvalue weighted by atomic mass is 10.2. The number of H-pyrrole nitrogens is 1. The second kappa shape index (κ2) is 8.37. The largest absolute Gasteiger partial charge is 0.468 e. The van der Waals surface area contributed by atoms with Gasteiger partial charge in [-0.25, -0.2) is 9.78 Å². The number of carbonyl (C=O) groups is 1. The number of imidazole rings is 1. The summed E-state index contributed by atoms with van der Waals surface area (Å²) in [5.74, 6) is -0.364. The maximum atomic E-state index is 12.3. The number of esters is 1. The fourth-order valence-corrected chi connectivity index (χ4v) is 3.54. The fourth-order valence-electron chi connectivity index (χ4n) is 2.58. The van der Waals surface area contributed by atoms with Gasteiger partial charge in [-0.05, 0) is 13.3 Å². The quantitative estimate of drug-likeness (QED) is 0.432. The molecule has 9 heteroatoms.